The van der Waals surface area contributed by atoms with Crippen molar-refractivity contribution >= 4 is 5.91 Å². The summed E-state index contributed by atoms with van der Waals surface area (Å²) in [5.74, 6) is -1.98. The first-order chi connectivity index (χ1) is 9.36. The summed E-state index contributed by atoms with van der Waals surface area (Å²) < 4.78 is 26.1. The fourth-order valence-electron chi connectivity index (χ4n) is 1.80. The molecule has 6 heteroatoms. The van der Waals surface area contributed by atoms with Crippen LogP contribution in [0.15, 0.2) is 18.2 Å². The quantitative estimate of drug-likeness (QED) is 0.860. The number of halogens is 2. The van der Waals surface area contributed by atoms with E-state index in [-0.39, 0.29) is 25.1 Å². The van der Waals surface area contributed by atoms with Crippen molar-refractivity contribution in [2.75, 3.05) is 33.8 Å². The molecule has 112 valence electrons. The Morgan fingerprint density at radius 3 is 2.50 bits per heavy atom. The second kappa shape index (κ2) is 7.31. The topological polar surface area (TPSA) is 43.8 Å². The third-order valence-electron chi connectivity index (χ3n) is 3.29. The van der Waals surface area contributed by atoms with Crippen LogP contribution in [0, 0.1) is 11.6 Å². The van der Waals surface area contributed by atoms with Gasteiger partial charge in [-0.05, 0) is 31.7 Å². The van der Waals surface area contributed by atoms with E-state index in [1.54, 1.807) is 25.9 Å². The van der Waals surface area contributed by atoms with Crippen molar-refractivity contribution in [1.82, 2.24) is 9.80 Å². The molecule has 0 fully saturated rings. The molecule has 20 heavy (non-hydrogen) atoms. The van der Waals surface area contributed by atoms with Gasteiger partial charge in [0, 0.05) is 13.6 Å². The first-order valence-electron chi connectivity index (χ1n) is 6.36. The lowest BCUT2D eigenvalue weighted by Crippen LogP contribution is -2.38. The van der Waals surface area contributed by atoms with Crippen LogP contribution in [0.2, 0.25) is 0 Å². The fourth-order valence-corrected chi connectivity index (χ4v) is 1.80. The van der Waals surface area contributed by atoms with Gasteiger partial charge in [0.25, 0.3) is 0 Å². The average Bonchev–Trinajstić information content (AvgIpc) is 2.40. The van der Waals surface area contributed by atoms with Gasteiger partial charge >= 0.3 is 0 Å². The zero-order valence-electron chi connectivity index (χ0n) is 11.9. The first-order valence-corrected chi connectivity index (χ1v) is 6.36. The van der Waals surface area contributed by atoms with E-state index in [4.69, 9.17) is 5.11 Å². The van der Waals surface area contributed by atoms with Crippen molar-refractivity contribution < 1.29 is 18.7 Å². The number of benzene rings is 1. The van der Waals surface area contributed by atoms with Gasteiger partial charge in [0.2, 0.25) is 5.91 Å². The Labute approximate surface area is 117 Å². The number of carbonyl (C=O) groups excluding carboxylic acids is 1. The van der Waals surface area contributed by atoms with E-state index in [1.165, 1.54) is 11.0 Å². The van der Waals surface area contributed by atoms with Gasteiger partial charge in [-0.25, -0.2) is 8.78 Å². The minimum atomic E-state index is -0.924. The molecule has 0 spiro atoms. The fraction of sp³-hybridized carbons (Fsp3) is 0.500. The lowest BCUT2D eigenvalue weighted by atomic mass is 10.1. The first kappa shape index (κ1) is 16.5. The Morgan fingerprint density at radius 1 is 1.30 bits per heavy atom. The van der Waals surface area contributed by atoms with E-state index in [9.17, 15) is 13.6 Å². The van der Waals surface area contributed by atoms with Crippen molar-refractivity contribution in [3.8, 4) is 0 Å². The number of nitrogens with zero attached hydrogens (tertiary/aromatic N) is 2. The number of aliphatic hydroxyl groups excluding tert-OH is 1. The molecule has 1 aromatic carbocycles. The molecule has 1 rings (SSSR count). The van der Waals surface area contributed by atoms with Gasteiger partial charge in [0.1, 0.15) is 0 Å². The van der Waals surface area contributed by atoms with Crippen molar-refractivity contribution in [2.24, 2.45) is 0 Å². The highest BCUT2D eigenvalue weighted by molar-refractivity contribution is 5.78. The zero-order chi connectivity index (χ0) is 15.3. The lowest BCUT2D eigenvalue weighted by molar-refractivity contribution is -0.132. The molecule has 1 amide bonds. The average molecular weight is 286 g/mol. The molecule has 1 N–H and O–H groups in total. The lowest BCUT2D eigenvalue weighted by Gasteiger charge is -2.27. The summed E-state index contributed by atoms with van der Waals surface area (Å²) in [6.07, 6.45) is 0. The van der Waals surface area contributed by atoms with Gasteiger partial charge in [0.05, 0.1) is 19.2 Å². The molecule has 0 aliphatic carbocycles. The monoisotopic (exact) mass is 286 g/mol. The third-order valence-corrected chi connectivity index (χ3v) is 3.29. The second-order valence-electron chi connectivity index (χ2n) is 4.82. The standard InChI is InChI=1S/C14H20F2N2O2/c1-10(11-4-5-12(15)13(16)8-11)18(3)14(20)9-17(2)6-7-19/h4-5,8,10,19H,6-7,9H2,1-3H3. The summed E-state index contributed by atoms with van der Waals surface area (Å²) in [5.41, 5.74) is 0.532. The number of aliphatic hydroxyl groups is 1. The molecule has 0 saturated carbocycles. The summed E-state index contributed by atoms with van der Waals surface area (Å²) in [7, 11) is 3.34. The van der Waals surface area contributed by atoms with E-state index in [1.807, 2.05) is 0 Å². The highest BCUT2D eigenvalue weighted by Gasteiger charge is 2.19. The SMILES string of the molecule is CC(c1ccc(F)c(F)c1)N(C)C(=O)CN(C)CCO. The number of hydrogen-bond donors (Lipinski definition) is 1. The molecule has 1 unspecified atom stereocenters. The van der Waals surface area contributed by atoms with Crippen molar-refractivity contribution in [3.63, 3.8) is 0 Å². The van der Waals surface area contributed by atoms with Crippen molar-refractivity contribution in [2.45, 2.75) is 13.0 Å². The Hall–Kier alpha value is -1.53. The van der Waals surface area contributed by atoms with Gasteiger partial charge < -0.3 is 10.0 Å². The Kier molecular flexibility index (Phi) is 6.04. The Bertz CT molecular complexity index is 468. The van der Waals surface area contributed by atoms with Crippen LogP contribution in [-0.2, 0) is 4.79 Å². The molecular formula is C14H20F2N2O2. The zero-order valence-corrected chi connectivity index (χ0v) is 11.9. The predicted octanol–water partition coefficient (Wildman–Crippen LogP) is 1.41. The Morgan fingerprint density at radius 2 is 1.95 bits per heavy atom. The van der Waals surface area contributed by atoms with Crippen LogP contribution in [0.5, 0.6) is 0 Å². The van der Waals surface area contributed by atoms with Crippen molar-refractivity contribution in [1.29, 1.82) is 0 Å². The highest BCUT2D eigenvalue weighted by atomic mass is 19.2. The van der Waals surface area contributed by atoms with Crippen LogP contribution in [0.25, 0.3) is 0 Å². The molecule has 0 heterocycles. The summed E-state index contributed by atoms with van der Waals surface area (Å²) in [5, 5.41) is 8.79. The summed E-state index contributed by atoms with van der Waals surface area (Å²) >= 11 is 0. The maximum Gasteiger partial charge on any atom is 0.236 e. The maximum atomic E-state index is 13.2. The Balaban J connectivity index is 2.72. The molecule has 0 aromatic heterocycles. The van der Waals surface area contributed by atoms with Crippen LogP contribution in [-0.4, -0.2) is 54.6 Å². The van der Waals surface area contributed by atoms with E-state index in [0.29, 0.717) is 12.1 Å². The van der Waals surface area contributed by atoms with Crippen LogP contribution < -0.4 is 0 Å². The van der Waals surface area contributed by atoms with Crippen molar-refractivity contribution in [3.05, 3.63) is 35.4 Å². The van der Waals surface area contributed by atoms with E-state index >= 15 is 0 Å². The molecule has 1 aromatic rings. The molecule has 0 aliphatic heterocycles. The summed E-state index contributed by atoms with van der Waals surface area (Å²) in [6.45, 7) is 2.28. The molecule has 0 radical (unpaired) electrons. The van der Waals surface area contributed by atoms with Crippen LogP contribution in [0.1, 0.15) is 18.5 Å². The number of amides is 1. The number of rotatable bonds is 6. The van der Waals surface area contributed by atoms with E-state index in [2.05, 4.69) is 0 Å². The maximum absolute atomic E-state index is 13.2. The predicted molar refractivity (Wildman–Crippen MR) is 72.1 cm³/mol. The third kappa shape index (κ3) is 4.25. The van der Waals surface area contributed by atoms with Crippen LogP contribution >= 0.6 is 0 Å². The largest absolute Gasteiger partial charge is 0.395 e. The molecule has 0 bridgehead atoms. The molecule has 0 saturated heterocycles. The normalized spacial score (nSPS) is 12.6. The highest BCUT2D eigenvalue weighted by Crippen LogP contribution is 2.21. The van der Waals surface area contributed by atoms with Gasteiger partial charge in [-0.3, -0.25) is 9.69 Å². The van der Waals surface area contributed by atoms with Gasteiger partial charge in [-0.1, -0.05) is 6.07 Å². The number of hydrogen-bond acceptors (Lipinski definition) is 3. The van der Waals surface area contributed by atoms with Gasteiger partial charge in [-0.2, -0.15) is 0 Å². The smallest absolute Gasteiger partial charge is 0.236 e. The summed E-state index contributed by atoms with van der Waals surface area (Å²) in [4.78, 5) is 15.2. The van der Waals surface area contributed by atoms with Crippen LogP contribution in [0.3, 0.4) is 0 Å². The van der Waals surface area contributed by atoms with Gasteiger partial charge in [-0.15, -0.1) is 0 Å². The van der Waals surface area contributed by atoms with Gasteiger partial charge in [0.15, 0.2) is 11.6 Å². The molecule has 0 aliphatic rings. The minimum absolute atomic E-state index is 0.0216. The number of likely N-dealkylation sites (N-methyl/N-ethyl adjacent to an activating group) is 2. The van der Waals surface area contributed by atoms with E-state index in [0.717, 1.165) is 12.1 Å². The molecule has 4 nitrogen and oxygen atoms in total. The van der Waals surface area contributed by atoms with E-state index < -0.39 is 11.6 Å². The number of carbonyl (C=O) groups is 1. The second-order valence-corrected chi connectivity index (χ2v) is 4.82. The minimum Gasteiger partial charge on any atom is -0.395 e. The molecule has 1 atom stereocenters. The molecular weight excluding hydrogens is 266 g/mol. The van der Waals surface area contributed by atoms with Crippen LogP contribution in [0.4, 0.5) is 8.78 Å². The summed E-state index contributed by atoms with van der Waals surface area (Å²) in [6, 6.07) is 3.25.